The number of halogens is 2. The molecule has 1 saturated heterocycles. The van der Waals surface area contributed by atoms with Crippen LogP contribution in [0.4, 0.5) is 0 Å². The largest absolute Gasteiger partial charge is 0.496 e. The second-order valence-electron chi connectivity index (χ2n) is 4.68. The zero-order valence-electron chi connectivity index (χ0n) is 11.4. The van der Waals surface area contributed by atoms with Crippen molar-refractivity contribution in [2.45, 2.75) is 19.4 Å². The van der Waals surface area contributed by atoms with E-state index >= 15 is 0 Å². The van der Waals surface area contributed by atoms with Gasteiger partial charge >= 0.3 is 0 Å². The number of piperidine rings is 1. The van der Waals surface area contributed by atoms with Gasteiger partial charge in [0.15, 0.2) is 0 Å². The van der Waals surface area contributed by atoms with E-state index in [1.807, 2.05) is 12.1 Å². The van der Waals surface area contributed by atoms with Gasteiger partial charge in [-0.25, -0.2) is 0 Å². The van der Waals surface area contributed by atoms with Crippen molar-refractivity contribution in [3.8, 4) is 5.75 Å². The molecule has 1 heterocycles. The van der Waals surface area contributed by atoms with E-state index in [0.29, 0.717) is 17.3 Å². The van der Waals surface area contributed by atoms with E-state index in [2.05, 4.69) is 10.6 Å². The molecule has 0 aliphatic carbocycles. The molecule has 1 aliphatic heterocycles. The van der Waals surface area contributed by atoms with Crippen molar-refractivity contribution in [2.75, 3.05) is 20.2 Å². The van der Waals surface area contributed by atoms with Gasteiger partial charge in [-0.2, -0.15) is 0 Å². The van der Waals surface area contributed by atoms with Crippen LogP contribution in [0.15, 0.2) is 18.2 Å². The van der Waals surface area contributed by atoms with E-state index in [1.54, 1.807) is 13.2 Å². The van der Waals surface area contributed by atoms with Crippen molar-refractivity contribution in [3.05, 3.63) is 28.8 Å². The normalized spacial score (nSPS) is 18.0. The van der Waals surface area contributed by atoms with Crippen LogP contribution in [0.2, 0.25) is 5.02 Å². The Morgan fingerprint density at radius 2 is 2.35 bits per heavy atom. The molecule has 0 bridgehead atoms. The SMILES string of the molecule is COc1cccc(Cl)c1CNC(=O)C1CCCNC1.Cl. The van der Waals surface area contributed by atoms with E-state index in [-0.39, 0.29) is 24.2 Å². The molecule has 1 aromatic rings. The topological polar surface area (TPSA) is 50.4 Å². The average molecular weight is 319 g/mol. The Bertz CT molecular complexity index is 449. The van der Waals surface area contributed by atoms with E-state index in [9.17, 15) is 4.79 Å². The van der Waals surface area contributed by atoms with Crippen LogP contribution in [-0.2, 0) is 11.3 Å². The minimum Gasteiger partial charge on any atom is -0.496 e. The Morgan fingerprint density at radius 3 is 3.00 bits per heavy atom. The Labute approximate surface area is 130 Å². The molecule has 20 heavy (non-hydrogen) atoms. The highest BCUT2D eigenvalue weighted by Gasteiger charge is 2.21. The minimum atomic E-state index is 0. The lowest BCUT2D eigenvalue weighted by Gasteiger charge is -2.22. The molecule has 112 valence electrons. The molecular weight excluding hydrogens is 299 g/mol. The summed E-state index contributed by atoms with van der Waals surface area (Å²) in [7, 11) is 1.60. The van der Waals surface area contributed by atoms with Crippen molar-refractivity contribution in [2.24, 2.45) is 5.92 Å². The quantitative estimate of drug-likeness (QED) is 0.896. The third kappa shape index (κ3) is 4.27. The molecule has 6 heteroatoms. The summed E-state index contributed by atoms with van der Waals surface area (Å²) < 4.78 is 5.26. The predicted molar refractivity (Wildman–Crippen MR) is 82.7 cm³/mol. The van der Waals surface area contributed by atoms with Crippen LogP contribution < -0.4 is 15.4 Å². The Hall–Kier alpha value is -0.970. The van der Waals surface area contributed by atoms with Gasteiger partial charge in [0.25, 0.3) is 0 Å². The van der Waals surface area contributed by atoms with Crippen LogP contribution in [0, 0.1) is 5.92 Å². The molecule has 1 aromatic carbocycles. The maximum Gasteiger partial charge on any atom is 0.224 e. The third-order valence-corrected chi connectivity index (χ3v) is 3.76. The highest BCUT2D eigenvalue weighted by molar-refractivity contribution is 6.31. The fourth-order valence-electron chi connectivity index (χ4n) is 2.30. The van der Waals surface area contributed by atoms with Crippen molar-refractivity contribution in [1.29, 1.82) is 0 Å². The van der Waals surface area contributed by atoms with E-state index in [1.165, 1.54) is 0 Å². The number of carbonyl (C=O) groups is 1. The smallest absolute Gasteiger partial charge is 0.224 e. The molecule has 1 atom stereocenters. The van der Waals surface area contributed by atoms with E-state index in [4.69, 9.17) is 16.3 Å². The van der Waals surface area contributed by atoms with Crippen LogP contribution in [0.5, 0.6) is 5.75 Å². The maximum atomic E-state index is 12.0. The van der Waals surface area contributed by atoms with E-state index in [0.717, 1.165) is 31.5 Å². The molecule has 2 N–H and O–H groups in total. The summed E-state index contributed by atoms with van der Waals surface area (Å²) in [5.41, 5.74) is 0.823. The first-order valence-corrected chi connectivity index (χ1v) is 6.90. The predicted octanol–water partition coefficient (Wildman–Crippen LogP) is 2.39. The molecule has 1 amide bonds. The average Bonchev–Trinajstić information content (AvgIpc) is 2.46. The first-order chi connectivity index (χ1) is 9.22. The molecule has 0 spiro atoms. The fraction of sp³-hybridized carbons (Fsp3) is 0.500. The van der Waals surface area contributed by atoms with Gasteiger partial charge in [0.1, 0.15) is 5.75 Å². The van der Waals surface area contributed by atoms with Gasteiger partial charge in [0, 0.05) is 23.7 Å². The molecule has 0 radical (unpaired) electrons. The zero-order valence-corrected chi connectivity index (χ0v) is 13.0. The molecule has 1 fully saturated rings. The molecular formula is C14H20Cl2N2O2. The number of methoxy groups -OCH3 is 1. The lowest BCUT2D eigenvalue weighted by atomic mass is 9.99. The molecule has 0 aromatic heterocycles. The van der Waals surface area contributed by atoms with Gasteiger partial charge in [-0.05, 0) is 31.5 Å². The summed E-state index contributed by atoms with van der Waals surface area (Å²) in [4.78, 5) is 12.0. The third-order valence-electron chi connectivity index (χ3n) is 3.40. The number of nitrogens with one attached hydrogen (secondary N) is 2. The second-order valence-corrected chi connectivity index (χ2v) is 5.09. The number of hydrogen-bond acceptors (Lipinski definition) is 3. The van der Waals surface area contributed by atoms with Gasteiger partial charge in [-0.15, -0.1) is 12.4 Å². The summed E-state index contributed by atoms with van der Waals surface area (Å²) in [6.45, 7) is 2.16. The van der Waals surface area contributed by atoms with Gasteiger partial charge in [-0.1, -0.05) is 17.7 Å². The van der Waals surface area contributed by atoms with Crippen molar-refractivity contribution < 1.29 is 9.53 Å². The summed E-state index contributed by atoms with van der Waals surface area (Å²) in [6.07, 6.45) is 1.99. The van der Waals surface area contributed by atoms with Crippen LogP contribution in [0.1, 0.15) is 18.4 Å². The number of carbonyl (C=O) groups excluding carboxylic acids is 1. The second kappa shape index (κ2) is 8.35. The number of amides is 1. The first kappa shape index (κ1) is 17.1. The monoisotopic (exact) mass is 318 g/mol. The number of benzene rings is 1. The molecule has 4 nitrogen and oxygen atoms in total. The molecule has 1 aliphatic rings. The Kier molecular flexibility index (Phi) is 7.13. The Morgan fingerprint density at radius 1 is 1.55 bits per heavy atom. The number of rotatable bonds is 4. The van der Waals surface area contributed by atoms with Crippen molar-refractivity contribution in [3.63, 3.8) is 0 Å². The Balaban J connectivity index is 0.00000200. The van der Waals surface area contributed by atoms with Crippen molar-refractivity contribution >= 4 is 29.9 Å². The van der Waals surface area contributed by atoms with Crippen LogP contribution in [0.25, 0.3) is 0 Å². The summed E-state index contributed by atoms with van der Waals surface area (Å²) in [6, 6.07) is 5.47. The minimum absolute atomic E-state index is 0. The lowest BCUT2D eigenvalue weighted by molar-refractivity contribution is -0.125. The number of hydrogen-bond donors (Lipinski definition) is 2. The standard InChI is InChI=1S/C14H19ClN2O2.ClH/c1-19-13-6-2-5-12(15)11(13)9-17-14(18)10-4-3-7-16-8-10;/h2,5-6,10,16H,3-4,7-9H2,1H3,(H,17,18);1H. The highest BCUT2D eigenvalue weighted by atomic mass is 35.5. The van der Waals surface area contributed by atoms with Crippen molar-refractivity contribution in [1.82, 2.24) is 10.6 Å². The van der Waals surface area contributed by atoms with Gasteiger partial charge < -0.3 is 15.4 Å². The summed E-state index contributed by atoms with van der Waals surface area (Å²) in [5, 5.41) is 6.79. The molecule has 1 unspecified atom stereocenters. The van der Waals surface area contributed by atoms with Gasteiger partial charge in [-0.3, -0.25) is 4.79 Å². The maximum absolute atomic E-state index is 12.0. The summed E-state index contributed by atoms with van der Waals surface area (Å²) >= 11 is 6.13. The zero-order chi connectivity index (χ0) is 13.7. The van der Waals surface area contributed by atoms with Gasteiger partial charge in [0.05, 0.1) is 13.0 Å². The van der Waals surface area contributed by atoms with Crippen LogP contribution in [0.3, 0.4) is 0 Å². The lowest BCUT2D eigenvalue weighted by Crippen LogP contribution is -2.40. The van der Waals surface area contributed by atoms with Crippen LogP contribution >= 0.6 is 24.0 Å². The van der Waals surface area contributed by atoms with Gasteiger partial charge in [0.2, 0.25) is 5.91 Å². The first-order valence-electron chi connectivity index (χ1n) is 6.52. The van der Waals surface area contributed by atoms with E-state index < -0.39 is 0 Å². The summed E-state index contributed by atoms with van der Waals surface area (Å²) in [5.74, 6) is 0.839. The number of ether oxygens (including phenoxy) is 1. The highest BCUT2D eigenvalue weighted by Crippen LogP contribution is 2.26. The fourth-order valence-corrected chi connectivity index (χ4v) is 2.53. The van der Waals surface area contributed by atoms with Crippen LogP contribution in [-0.4, -0.2) is 26.1 Å². The molecule has 2 rings (SSSR count). The molecule has 0 saturated carbocycles.